The maximum atomic E-state index is 10.4. The fraction of sp³-hybridized carbons (Fsp3) is 0.857. The van der Waals surface area contributed by atoms with Crippen LogP contribution >= 0.6 is 0 Å². The average molecular weight is 160 g/mol. The first kappa shape index (κ1) is 10.4. The molecule has 0 fully saturated rings. The highest BCUT2D eigenvalue weighted by molar-refractivity contribution is 5.74. The second-order valence-electron chi connectivity index (χ2n) is 3.76. The lowest BCUT2D eigenvalue weighted by molar-refractivity contribution is -0.139. The topological polar surface area (TPSA) is 89.3 Å². The molecule has 0 amide bonds. The van der Waals surface area contributed by atoms with Gasteiger partial charge in [-0.05, 0) is 5.41 Å². The molecule has 0 heterocycles. The predicted molar refractivity (Wildman–Crippen MR) is 43.0 cm³/mol. The molecule has 0 aromatic carbocycles. The van der Waals surface area contributed by atoms with Gasteiger partial charge < -0.3 is 16.6 Å². The molecule has 0 bridgehead atoms. The lowest BCUT2D eigenvalue weighted by Crippen LogP contribution is -2.53. The quantitative estimate of drug-likeness (QED) is 0.520. The van der Waals surface area contributed by atoms with Crippen LogP contribution < -0.4 is 11.5 Å². The summed E-state index contributed by atoms with van der Waals surface area (Å²) >= 11 is 0. The van der Waals surface area contributed by atoms with E-state index in [9.17, 15) is 4.79 Å². The minimum absolute atomic E-state index is 0.266. The number of nitrogens with two attached hydrogens (primary N) is 2. The van der Waals surface area contributed by atoms with Crippen LogP contribution in [0.1, 0.15) is 20.8 Å². The van der Waals surface area contributed by atoms with Gasteiger partial charge in [-0.15, -0.1) is 0 Å². The highest BCUT2D eigenvalue weighted by Crippen LogP contribution is 2.18. The van der Waals surface area contributed by atoms with Gasteiger partial charge in [0, 0.05) is 6.04 Å². The molecular formula is C7H16N2O2. The van der Waals surface area contributed by atoms with Crippen LogP contribution in [0.3, 0.4) is 0 Å². The number of rotatable bonds is 2. The van der Waals surface area contributed by atoms with Crippen molar-refractivity contribution in [3.8, 4) is 0 Å². The zero-order valence-corrected chi connectivity index (χ0v) is 7.16. The summed E-state index contributed by atoms with van der Waals surface area (Å²) in [7, 11) is 0. The molecule has 0 saturated heterocycles. The molecule has 66 valence electrons. The zero-order chi connectivity index (χ0) is 9.23. The first-order valence-corrected chi connectivity index (χ1v) is 3.51. The molecule has 11 heavy (non-hydrogen) atoms. The van der Waals surface area contributed by atoms with Crippen LogP contribution in [-0.4, -0.2) is 23.2 Å². The second kappa shape index (κ2) is 3.19. The molecule has 2 unspecified atom stereocenters. The number of hydrogen-bond acceptors (Lipinski definition) is 3. The minimum atomic E-state index is -1.05. The SMILES string of the molecule is CC(C)(C)C(N)C(N)C(=O)O. The lowest BCUT2D eigenvalue weighted by Gasteiger charge is -2.29. The van der Waals surface area contributed by atoms with Gasteiger partial charge in [0.05, 0.1) is 0 Å². The van der Waals surface area contributed by atoms with Gasteiger partial charge in [0.2, 0.25) is 0 Å². The highest BCUT2D eigenvalue weighted by atomic mass is 16.4. The van der Waals surface area contributed by atoms with E-state index in [1.54, 1.807) is 0 Å². The van der Waals surface area contributed by atoms with Crippen molar-refractivity contribution >= 4 is 5.97 Å². The number of hydrogen-bond donors (Lipinski definition) is 3. The zero-order valence-electron chi connectivity index (χ0n) is 7.16. The van der Waals surface area contributed by atoms with Crippen molar-refractivity contribution in [1.29, 1.82) is 0 Å². The Balaban J connectivity index is 4.25. The summed E-state index contributed by atoms with van der Waals surface area (Å²) in [5.74, 6) is -1.05. The standard InChI is InChI=1S/C7H16N2O2/c1-7(2,3)5(9)4(8)6(10)11/h4-5H,8-9H2,1-3H3,(H,10,11). The summed E-state index contributed by atoms with van der Waals surface area (Å²) in [6.45, 7) is 5.58. The summed E-state index contributed by atoms with van der Waals surface area (Å²) in [5, 5.41) is 8.51. The first-order valence-electron chi connectivity index (χ1n) is 3.51. The monoisotopic (exact) mass is 160 g/mol. The van der Waals surface area contributed by atoms with Crippen LogP contribution in [0.5, 0.6) is 0 Å². The van der Waals surface area contributed by atoms with Crippen LogP contribution in [0, 0.1) is 5.41 Å². The van der Waals surface area contributed by atoms with E-state index in [-0.39, 0.29) is 5.41 Å². The fourth-order valence-electron chi connectivity index (χ4n) is 0.692. The van der Waals surface area contributed by atoms with E-state index in [4.69, 9.17) is 16.6 Å². The van der Waals surface area contributed by atoms with Gasteiger partial charge in [0.1, 0.15) is 6.04 Å². The molecule has 0 saturated carbocycles. The van der Waals surface area contributed by atoms with E-state index in [0.29, 0.717) is 0 Å². The van der Waals surface area contributed by atoms with Gasteiger partial charge in [-0.2, -0.15) is 0 Å². The number of carboxylic acids is 1. The molecule has 0 aromatic heterocycles. The third kappa shape index (κ3) is 2.86. The minimum Gasteiger partial charge on any atom is -0.480 e. The third-order valence-corrected chi connectivity index (χ3v) is 1.67. The van der Waals surface area contributed by atoms with Gasteiger partial charge in [0.15, 0.2) is 0 Å². The molecule has 4 nitrogen and oxygen atoms in total. The Labute approximate surface area is 66.6 Å². The van der Waals surface area contributed by atoms with Crippen molar-refractivity contribution in [2.45, 2.75) is 32.9 Å². The van der Waals surface area contributed by atoms with Crippen molar-refractivity contribution in [1.82, 2.24) is 0 Å². The van der Waals surface area contributed by atoms with Crippen LogP contribution in [0.15, 0.2) is 0 Å². The van der Waals surface area contributed by atoms with Gasteiger partial charge in [-0.1, -0.05) is 20.8 Å². The molecular weight excluding hydrogens is 144 g/mol. The Morgan fingerprint density at radius 3 is 1.82 bits per heavy atom. The third-order valence-electron chi connectivity index (χ3n) is 1.67. The predicted octanol–water partition coefficient (Wildman–Crippen LogP) is -0.228. The summed E-state index contributed by atoms with van der Waals surface area (Å²) in [6, 6.07) is -1.49. The maximum absolute atomic E-state index is 10.4. The van der Waals surface area contributed by atoms with Crippen LogP contribution in [0.2, 0.25) is 0 Å². The van der Waals surface area contributed by atoms with Crippen molar-refractivity contribution < 1.29 is 9.90 Å². The molecule has 4 heteroatoms. The molecule has 0 aromatic rings. The normalized spacial score (nSPS) is 17.5. The Morgan fingerprint density at radius 1 is 1.36 bits per heavy atom. The molecule has 2 atom stereocenters. The Kier molecular flexibility index (Phi) is 3.02. The number of aliphatic carboxylic acids is 1. The van der Waals surface area contributed by atoms with E-state index in [0.717, 1.165) is 0 Å². The molecule has 0 aliphatic carbocycles. The molecule has 0 aliphatic rings. The van der Waals surface area contributed by atoms with E-state index in [2.05, 4.69) is 0 Å². The fourth-order valence-corrected chi connectivity index (χ4v) is 0.692. The van der Waals surface area contributed by atoms with Gasteiger partial charge in [-0.3, -0.25) is 4.79 Å². The van der Waals surface area contributed by atoms with Gasteiger partial charge in [0.25, 0.3) is 0 Å². The van der Waals surface area contributed by atoms with E-state index in [1.807, 2.05) is 20.8 Å². The van der Waals surface area contributed by atoms with Crippen molar-refractivity contribution in [3.63, 3.8) is 0 Å². The maximum Gasteiger partial charge on any atom is 0.322 e. The van der Waals surface area contributed by atoms with Crippen LogP contribution in [-0.2, 0) is 4.79 Å². The van der Waals surface area contributed by atoms with Crippen molar-refractivity contribution in [3.05, 3.63) is 0 Å². The average Bonchev–Trinajstić information content (AvgIpc) is 1.82. The highest BCUT2D eigenvalue weighted by Gasteiger charge is 2.30. The van der Waals surface area contributed by atoms with E-state index < -0.39 is 18.1 Å². The Morgan fingerprint density at radius 2 is 1.73 bits per heavy atom. The van der Waals surface area contributed by atoms with E-state index >= 15 is 0 Å². The molecule has 0 aliphatic heterocycles. The number of carboxylic acid groups (broad SMARTS) is 1. The Bertz CT molecular complexity index is 151. The van der Waals surface area contributed by atoms with Crippen LogP contribution in [0.25, 0.3) is 0 Å². The summed E-state index contributed by atoms with van der Waals surface area (Å²) in [5.41, 5.74) is 10.6. The smallest absolute Gasteiger partial charge is 0.322 e. The second-order valence-corrected chi connectivity index (χ2v) is 3.76. The molecule has 0 radical (unpaired) electrons. The first-order chi connectivity index (χ1) is 4.76. The number of carbonyl (C=O) groups is 1. The van der Waals surface area contributed by atoms with Crippen LogP contribution in [0.4, 0.5) is 0 Å². The molecule has 0 spiro atoms. The summed E-state index contributed by atoms with van der Waals surface area (Å²) in [6.07, 6.45) is 0. The van der Waals surface area contributed by atoms with Crippen molar-refractivity contribution in [2.75, 3.05) is 0 Å². The molecule has 0 rings (SSSR count). The van der Waals surface area contributed by atoms with Crippen molar-refractivity contribution in [2.24, 2.45) is 16.9 Å². The Hall–Kier alpha value is -0.610. The lowest BCUT2D eigenvalue weighted by atomic mass is 9.83. The van der Waals surface area contributed by atoms with Gasteiger partial charge >= 0.3 is 5.97 Å². The van der Waals surface area contributed by atoms with E-state index in [1.165, 1.54) is 0 Å². The van der Waals surface area contributed by atoms with Gasteiger partial charge in [-0.25, -0.2) is 0 Å². The molecule has 5 N–H and O–H groups in total. The largest absolute Gasteiger partial charge is 0.480 e. The summed E-state index contributed by atoms with van der Waals surface area (Å²) in [4.78, 5) is 10.4. The summed E-state index contributed by atoms with van der Waals surface area (Å²) < 4.78 is 0.